The van der Waals surface area contributed by atoms with Crippen LogP contribution in [0.3, 0.4) is 0 Å². The van der Waals surface area contributed by atoms with E-state index >= 15 is 0 Å². The first-order valence-corrected chi connectivity index (χ1v) is 11.0. The molecule has 0 bridgehead atoms. The molecule has 2 fully saturated rings. The summed E-state index contributed by atoms with van der Waals surface area (Å²) in [6, 6.07) is 7.97. The van der Waals surface area contributed by atoms with E-state index < -0.39 is 64.9 Å². The summed E-state index contributed by atoms with van der Waals surface area (Å²) in [5, 5.41) is 5.57. The summed E-state index contributed by atoms with van der Waals surface area (Å²) in [5.74, 6) is -4.93. The number of para-hydroxylation sites is 1. The van der Waals surface area contributed by atoms with Gasteiger partial charge >= 0.3 is 12.1 Å². The minimum atomic E-state index is -4.80. The number of rotatable bonds is 4. The van der Waals surface area contributed by atoms with E-state index in [2.05, 4.69) is 5.10 Å². The van der Waals surface area contributed by atoms with Crippen molar-refractivity contribution in [2.24, 2.45) is 16.9 Å². The molecule has 2 aromatic carbocycles. The second kappa shape index (κ2) is 8.43. The minimum Gasteiger partial charge on any atom is -0.427 e. The zero-order chi connectivity index (χ0) is 25.8. The maximum Gasteiger partial charge on any atom is 0.418 e. The maximum absolute atomic E-state index is 13.7. The fourth-order valence-electron chi connectivity index (χ4n) is 5.01. The average molecular weight is 497 g/mol. The summed E-state index contributed by atoms with van der Waals surface area (Å²) < 4.78 is 46.0. The minimum absolute atomic E-state index is 0.162. The van der Waals surface area contributed by atoms with Gasteiger partial charge in [-0.3, -0.25) is 24.2 Å². The number of halogens is 3. The Morgan fingerprint density at radius 3 is 2.31 bits per heavy atom. The van der Waals surface area contributed by atoms with Crippen LogP contribution in [0.1, 0.15) is 22.8 Å². The number of amides is 2. The second-order valence-corrected chi connectivity index (χ2v) is 8.53. The fraction of sp³-hybridized carbons (Fsp3) is 0.240. The van der Waals surface area contributed by atoms with Crippen LogP contribution in [-0.2, 0) is 20.6 Å². The van der Waals surface area contributed by atoms with Crippen molar-refractivity contribution < 1.29 is 37.1 Å². The first-order valence-electron chi connectivity index (χ1n) is 11.0. The molecule has 2 aromatic rings. The highest BCUT2D eigenvalue weighted by Gasteiger charge is 2.64. The number of esters is 1. The van der Waals surface area contributed by atoms with Crippen molar-refractivity contribution in [1.82, 2.24) is 5.01 Å². The van der Waals surface area contributed by atoms with E-state index in [1.54, 1.807) is 12.2 Å². The molecule has 8 nitrogen and oxygen atoms in total. The smallest absolute Gasteiger partial charge is 0.418 e. The van der Waals surface area contributed by atoms with Gasteiger partial charge in [-0.1, -0.05) is 18.2 Å². The third kappa shape index (κ3) is 3.67. The lowest BCUT2D eigenvalue weighted by atomic mass is 9.86. The topological polar surface area (TPSA) is 96.3 Å². The first kappa shape index (κ1) is 23.5. The summed E-state index contributed by atoms with van der Waals surface area (Å²) in [6.45, 7) is 1.23. The highest BCUT2D eigenvalue weighted by molar-refractivity contribution is 6.25. The predicted octanol–water partition coefficient (Wildman–Crippen LogP) is 3.23. The van der Waals surface area contributed by atoms with Crippen LogP contribution < -0.4 is 9.64 Å². The zero-order valence-corrected chi connectivity index (χ0v) is 18.7. The van der Waals surface area contributed by atoms with Gasteiger partial charge in [-0.25, -0.2) is 4.90 Å². The molecule has 0 N–H and O–H groups in total. The average Bonchev–Trinajstić information content (AvgIpc) is 3.31. The molecule has 0 saturated carbocycles. The molecule has 2 saturated heterocycles. The van der Waals surface area contributed by atoms with Gasteiger partial charge in [0.25, 0.3) is 0 Å². The first-order chi connectivity index (χ1) is 17.1. The van der Waals surface area contributed by atoms with E-state index in [-0.39, 0.29) is 11.3 Å². The summed E-state index contributed by atoms with van der Waals surface area (Å²) in [6.07, 6.45) is -0.225. The van der Waals surface area contributed by atoms with Crippen LogP contribution in [0.4, 0.5) is 18.9 Å². The number of hydrogen-bond acceptors (Lipinski definition) is 7. The molecule has 11 heteroatoms. The van der Waals surface area contributed by atoms with E-state index in [4.69, 9.17) is 4.74 Å². The van der Waals surface area contributed by atoms with Crippen LogP contribution in [0.5, 0.6) is 5.75 Å². The highest BCUT2D eigenvalue weighted by atomic mass is 19.4. The van der Waals surface area contributed by atoms with Crippen molar-refractivity contribution >= 4 is 35.5 Å². The molecule has 3 aliphatic rings. The van der Waals surface area contributed by atoms with Crippen LogP contribution in [-0.4, -0.2) is 46.9 Å². The van der Waals surface area contributed by atoms with Crippen molar-refractivity contribution in [2.45, 2.75) is 25.2 Å². The summed E-state index contributed by atoms with van der Waals surface area (Å²) in [5.41, 5.74) is -1.53. The summed E-state index contributed by atoms with van der Waals surface area (Å²) in [7, 11) is 0. The van der Waals surface area contributed by atoms with Crippen molar-refractivity contribution in [3.63, 3.8) is 0 Å². The third-order valence-electron chi connectivity index (χ3n) is 6.41. The molecule has 36 heavy (non-hydrogen) atoms. The SMILES string of the molecule is CC(=O)Oc1ccc(C(=O)[C@H]2[C@H]3C(=O)N(c4ccccc4C(F)(F)F)C(=O)[C@@H]3[C@H]3C=CC=NN32)cc1. The number of ether oxygens (including phenoxy) is 1. The highest BCUT2D eigenvalue weighted by Crippen LogP contribution is 2.48. The number of carbonyl (C=O) groups is 4. The van der Waals surface area contributed by atoms with E-state index in [9.17, 15) is 32.3 Å². The molecule has 0 radical (unpaired) electrons. The Kier molecular flexibility index (Phi) is 5.50. The Hall–Kier alpha value is -4.28. The lowest BCUT2D eigenvalue weighted by Crippen LogP contribution is -2.46. The largest absolute Gasteiger partial charge is 0.427 e. The number of hydrazone groups is 1. The molecular weight excluding hydrogens is 479 g/mol. The molecule has 3 heterocycles. The Morgan fingerprint density at radius 2 is 1.64 bits per heavy atom. The Balaban J connectivity index is 1.55. The number of alkyl halides is 3. The van der Waals surface area contributed by atoms with E-state index in [1.807, 2.05) is 0 Å². The molecule has 4 atom stereocenters. The molecule has 0 aliphatic carbocycles. The Labute approximate surface area is 202 Å². The van der Waals surface area contributed by atoms with E-state index in [0.717, 1.165) is 12.1 Å². The molecule has 5 rings (SSSR count). The third-order valence-corrected chi connectivity index (χ3v) is 6.41. The van der Waals surface area contributed by atoms with Gasteiger partial charge in [-0.05, 0) is 42.5 Å². The molecule has 184 valence electrons. The normalized spacial score (nSPS) is 24.7. The van der Waals surface area contributed by atoms with Gasteiger partial charge in [-0.2, -0.15) is 18.3 Å². The fourth-order valence-corrected chi connectivity index (χ4v) is 5.01. The van der Waals surface area contributed by atoms with Crippen LogP contribution in [0.15, 0.2) is 65.8 Å². The van der Waals surface area contributed by atoms with Gasteiger partial charge in [-0.15, -0.1) is 0 Å². The van der Waals surface area contributed by atoms with Crippen LogP contribution in [0.2, 0.25) is 0 Å². The number of nitrogens with zero attached hydrogens (tertiary/aromatic N) is 3. The number of Topliss-reactive ketones (excluding diaryl/α,β-unsaturated/α-hetero) is 1. The van der Waals surface area contributed by atoms with Crippen molar-refractivity contribution in [2.75, 3.05) is 4.90 Å². The van der Waals surface area contributed by atoms with Crippen LogP contribution in [0.25, 0.3) is 0 Å². The standard InChI is InChI=1S/C25H18F3N3O5/c1-13(32)36-15-10-8-14(9-11-15)22(33)21-20-19(18-7-4-12-29-31(18)21)23(34)30(24(20)35)17-6-3-2-5-16(17)25(26,27)28/h2-12,18-21H,1H3/t18-,19-,20+,21-/m1/s1. The number of imide groups is 1. The quantitative estimate of drug-likeness (QED) is 0.279. The van der Waals surface area contributed by atoms with Gasteiger partial charge in [0.1, 0.15) is 11.8 Å². The number of anilines is 1. The molecule has 3 aliphatic heterocycles. The number of carbonyl (C=O) groups excluding carboxylic acids is 4. The summed E-state index contributed by atoms with van der Waals surface area (Å²) in [4.78, 5) is 52.3. The number of benzene rings is 2. The van der Waals surface area contributed by atoms with Gasteiger partial charge in [0.2, 0.25) is 11.8 Å². The number of ketones is 1. The Bertz CT molecular complexity index is 1340. The number of hydrogen-bond donors (Lipinski definition) is 0. The number of fused-ring (bicyclic) bond motifs is 3. The maximum atomic E-state index is 13.7. The van der Waals surface area contributed by atoms with Gasteiger partial charge in [0.05, 0.1) is 29.1 Å². The second-order valence-electron chi connectivity index (χ2n) is 8.53. The van der Waals surface area contributed by atoms with Gasteiger partial charge in [0, 0.05) is 18.7 Å². The molecular formula is C25H18F3N3O5. The zero-order valence-electron chi connectivity index (χ0n) is 18.7. The van der Waals surface area contributed by atoms with Crippen LogP contribution >= 0.6 is 0 Å². The number of allylic oxidation sites excluding steroid dienone is 1. The molecule has 0 unspecified atom stereocenters. The summed E-state index contributed by atoms with van der Waals surface area (Å²) >= 11 is 0. The molecule has 0 spiro atoms. The van der Waals surface area contributed by atoms with E-state index in [0.29, 0.717) is 4.90 Å². The Morgan fingerprint density at radius 1 is 0.972 bits per heavy atom. The van der Waals surface area contributed by atoms with E-state index in [1.165, 1.54) is 54.5 Å². The lowest BCUT2D eigenvalue weighted by Gasteiger charge is -2.30. The molecule has 2 amide bonds. The molecule has 0 aromatic heterocycles. The monoisotopic (exact) mass is 497 g/mol. The van der Waals surface area contributed by atoms with Crippen molar-refractivity contribution in [1.29, 1.82) is 0 Å². The predicted molar refractivity (Wildman–Crippen MR) is 120 cm³/mol. The van der Waals surface area contributed by atoms with Gasteiger partial charge in [0.15, 0.2) is 5.78 Å². The van der Waals surface area contributed by atoms with Crippen molar-refractivity contribution in [3.05, 3.63) is 71.8 Å². The van der Waals surface area contributed by atoms with Crippen LogP contribution in [0, 0.1) is 11.8 Å². The lowest BCUT2D eigenvalue weighted by molar-refractivity contribution is -0.137. The van der Waals surface area contributed by atoms with Crippen molar-refractivity contribution in [3.8, 4) is 5.75 Å². The van der Waals surface area contributed by atoms with Gasteiger partial charge < -0.3 is 4.74 Å².